The lowest BCUT2D eigenvalue weighted by Gasteiger charge is -2.22. The van der Waals surface area contributed by atoms with Crippen LogP contribution in [0.4, 0.5) is 0 Å². The molecule has 0 aromatic heterocycles. The lowest BCUT2D eigenvalue weighted by Crippen LogP contribution is -2.45. The molecule has 482 valence electrons. The summed E-state index contributed by atoms with van der Waals surface area (Å²) in [6.07, 6.45) is 93.1. The lowest BCUT2D eigenvalue weighted by atomic mass is 10.0. The molecule has 2 unspecified atom stereocenters. The number of nitrogens with one attached hydrogen (secondary N) is 1. The van der Waals surface area contributed by atoms with E-state index in [1.54, 1.807) is 0 Å². The van der Waals surface area contributed by atoms with E-state index in [0.29, 0.717) is 25.9 Å². The average Bonchev–Trinajstić information content (AvgIpc) is 3.48. The maximum Gasteiger partial charge on any atom is 0.305 e. The van der Waals surface area contributed by atoms with E-state index < -0.39 is 12.1 Å². The molecule has 0 aromatic rings. The number of hydrogen-bond acceptors (Lipinski definition) is 5. The third-order valence-corrected chi connectivity index (χ3v) is 17.1. The van der Waals surface area contributed by atoms with Gasteiger partial charge in [-0.25, -0.2) is 0 Å². The Morgan fingerprint density at radius 2 is 0.610 bits per heavy atom. The van der Waals surface area contributed by atoms with Crippen molar-refractivity contribution in [1.29, 1.82) is 0 Å². The van der Waals surface area contributed by atoms with Crippen molar-refractivity contribution in [2.45, 2.75) is 411 Å². The average molecular weight is 1150 g/mol. The number of carbonyl (C=O) groups excluding carboxylic acids is 2. The van der Waals surface area contributed by atoms with Crippen LogP contribution in [0.3, 0.4) is 0 Å². The Hall–Kier alpha value is -2.18. The number of aliphatic hydroxyl groups is 2. The van der Waals surface area contributed by atoms with E-state index in [2.05, 4.69) is 67.8 Å². The van der Waals surface area contributed by atoms with Gasteiger partial charge >= 0.3 is 5.97 Å². The number of unbranched alkanes of at least 4 members (excludes halogenated alkanes) is 50. The van der Waals surface area contributed by atoms with Crippen LogP contribution in [0.1, 0.15) is 399 Å². The van der Waals surface area contributed by atoms with E-state index in [1.165, 1.54) is 308 Å². The Bertz CT molecular complexity index is 1370. The largest absolute Gasteiger partial charge is 0.466 e. The summed E-state index contributed by atoms with van der Waals surface area (Å²) in [6.45, 7) is 4.95. The minimum atomic E-state index is -0.665. The number of ether oxygens (including phenoxy) is 1. The van der Waals surface area contributed by atoms with Gasteiger partial charge in [-0.05, 0) is 89.9 Å². The Balaban J connectivity index is 3.39. The molecule has 3 N–H and O–H groups in total. The summed E-state index contributed by atoms with van der Waals surface area (Å²) in [6, 6.07) is -0.542. The number of rotatable bonds is 69. The first-order chi connectivity index (χ1) is 40.5. The van der Waals surface area contributed by atoms with Crippen molar-refractivity contribution in [3.8, 4) is 0 Å². The summed E-state index contributed by atoms with van der Waals surface area (Å²) in [5.41, 5.74) is 0. The first-order valence-corrected chi connectivity index (χ1v) is 36.9. The summed E-state index contributed by atoms with van der Waals surface area (Å²) >= 11 is 0. The molecular formula is C76H143NO5. The van der Waals surface area contributed by atoms with Gasteiger partial charge in [0.25, 0.3) is 0 Å². The van der Waals surface area contributed by atoms with Crippen molar-refractivity contribution in [3.05, 3.63) is 48.6 Å². The lowest BCUT2D eigenvalue weighted by molar-refractivity contribution is -0.143. The highest BCUT2D eigenvalue weighted by Crippen LogP contribution is 2.19. The third kappa shape index (κ3) is 67.0. The quantitative estimate of drug-likeness (QED) is 0.0320. The van der Waals surface area contributed by atoms with Crippen LogP contribution in [0, 0.1) is 0 Å². The van der Waals surface area contributed by atoms with Crippen LogP contribution in [0.2, 0.25) is 0 Å². The van der Waals surface area contributed by atoms with Crippen molar-refractivity contribution >= 4 is 11.9 Å². The predicted molar refractivity (Wildman–Crippen MR) is 361 cm³/mol. The molecule has 0 fully saturated rings. The van der Waals surface area contributed by atoms with Crippen molar-refractivity contribution in [3.63, 3.8) is 0 Å². The second-order valence-corrected chi connectivity index (χ2v) is 25.3. The van der Waals surface area contributed by atoms with Crippen molar-refractivity contribution in [1.82, 2.24) is 5.32 Å². The first kappa shape index (κ1) is 79.8. The molecule has 0 aliphatic heterocycles. The maximum atomic E-state index is 12.5. The van der Waals surface area contributed by atoms with Gasteiger partial charge in [-0.3, -0.25) is 9.59 Å². The fourth-order valence-electron chi connectivity index (χ4n) is 11.5. The van der Waals surface area contributed by atoms with Crippen molar-refractivity contribution < 1.29 is 24.5 Å². The van der Waals surface area contributed by atoms with Crippen LogP contribution in [-0.4, -0.2) is 47.4 Å². The number of allylic oxidation sites excluding steroid dienone is 8. The van der Waals surface area contributed by atoms with Gasteiger partial charge in [0.2, 0.25) is 5.91 Å². The molecule has 0 spiro atoms. The number of amides is 1. The molecule has 0 aromatic carbocycles. The van der Waals surface area contributed by atoms with Gasteiger partial charge in [-0.1, -0.05) is 345 Å². The summed E-state index contributed by atoms with van der Waals surface area (Å²) in [7, 11) is 0. The van der Waals surface area contributed by atoms with Gasteiger partial charge < -0.3 is 20.3 Å². The Morgan fingerprint density at radius 3 is 0.951 bits per heavy atom. The second-order valence-electron chi connectivity index (χ2n) is 25.3. The fourth-order valence-corrected chi connectivity index (χ4v) is 11.5. The van der Waals surface area contributed by atoms with E-state index in [-0.39, 0.29) is 18.5 Å². The molecule has 0 bridgehead atoms. The molecule has 6 heteroatoms. The maximum absolute atomic E-state index is 12.5. The number of esters is 1. The molecule has 0 rings (SSSR count). The van der Waals surface area contributed by atoms with Crippen molar-refractivity contribution in [2.75, 3.05) is 13.2 Å². The minimum absolute atomic E-state index is 0.00567. The molecule has 0 aliphatic rings. The van der Waals surface area contributed by atoms with E-state index in [0.717, 1.165) is 57.8 Å². The second kappa shape index (κ2) is 71.3. The SMILES string of the molecule is CCCCC/C=C\C/C=C\CCCCCCCCCC(=O)OCCCCCCCCCCC/C=C\C/C=C\CCCCCCCCCCCCCCCCCC(=O)NC(CO)C(O)CCCCCCCCCCCCCCCCCCC. The monoisotopic (exact) mass is 1150 g/mol. The summed E-state index contributed by atoms with van der Waals surface area (Å²) < 4.78 is 5.50. The number of carbonyl (C=O) groups is 2. The zero-order valence-corrected chi connectivity index (χ0v) is 55.2. The topological polar surface area (TPSA) is 95.9 Å². The van der Waals surface area contributed by atoms with Gasteiger partial charge in [0.05, 0.1) is 25.4 Å². The zero-order chi connectivity index (χ0) is 59.2. The Morgan fingerprint density at radius 1 is 0.341 bits per heavy atom. The summed E-state index contributed by atoms with van der Waals surface area (Å²) in [4.78, 5) is 24.6. The number of hydrogen-bond donors (Lipinski definition) is 3. The van der Waals surface area contributed by atoms with Crippen LogP contribution in [0.5, 0.6) is 0 Å². The van der Waals surface area contributed by atoms with Crippen LogP contribution < -0.4 is 5.32 Å². The fraction of sp³-hybridized carbons (Fsp3) is 0.868. The molecule has 2 atom stereocenters. The van der Waals surface area contributed by atoms with Crippen LogP contribution in [0.15, 0.2) is 48.6 Å². The molecule has 1 amide bonds. The predicted octanol–water partition coefficient (Wildman–Crippen LogP) is 24.0. The van der Waals surface area contributed by atoms with E-state index >= 15 is 0 Å². The highest BCUT2D eigenvalue weighted by Gasteiger charge is 2.20. The Labute approximate surface area is 512 Å². The standard InChI is InChI=1S/C76H143NO5/c1-3-5-7-9-11-13-15-17-19-36-40-44-48-52-56-60-64-68-74(79)73(72-78)77-75(80)69-65-61-57-53-49-45-41-38-34-32-30-28-26-24-22-21-23-25-27-29-31-33-35-39-43-47-51-55-59-63-67-71-82-76(81)70-66-62-58-54-50-46-42-37-20-18-16-14-12-10-8-6-4-2/h12,14,18,20,23,25,29,31,73-74,78-79H,3-11,13,15-17,19,21-22,24,26-28,30,32-72H2,1-2H3,(H,77,80)/b14-12-,20-18-,25-23-,31-29-. The first-order valence-electron chi connectivity index (χ1n) is 36.9. The third-order valence-electron chi connectivity index (χ3n) is 17.1. The van der Waals surface area contributed by atoms with E-state index in [1.807, 2.05) is 0 Å². The van der Waals surface area contributed by atoms with E-state index in [9.17, 15) is 19.8 Å². The molecule has 0 heterocycles. The summed E-state index contributed by atoms with van der Waals surface area (Å²) in [5.74, 6) is -0.0257. The normalized spacial score (nSPS) is 12.8. The van der Waals surface area contributed by atoms with Gasteiger partial charge in [-0.15, -0.1) is 0 Å². The van der Waals surface area contributed by atoms with Gasteiger partial charge in [0.15, 0.2) is 0 Å². The molecule has 82 heavy (non-hydrogen) atoms. The molecule has 0 aliphatic carbocycles. The van der Waals surface area contributed by atoms with Gasteiger partial charge in [-0.2, -0.15) is 0 Å². The van der Waals surface area contributed by atoms with Crippen LogP contribution in [0.25, 0.3) is 0 Å². The highest BCUT2D eigenvalue weighted by atomic mass is 16.5. The Kier molecular flexibility index (Phi) is 69.4. The molecule has 0 radical (unpaired) electrons. The van der Waals surface area contributed by atoms with Crippen LogP contribution in [-0.2, 0) is 14.3 Å². The smallest absolute Gasteiger partial charge is 0.305 e. The molecule has 6 nitrogen and oxygen atoms in total. The molecule has 0 saturated heterocycles. The van der Waals surface area contributed by atoms with Gasteiger partial charge in [0.1, 0.15) is 0 Å². The van der Waals surface area contributed by atoms with Crippen molar-refractivity contribution in [2.24, 2.45) is 0 Å². The molecular weight excluding hydrogens is 1010 g/mol. The summed E-state index contributed by atoms with van der Waals surface area (Å²) in [5, 5.41) is 23.4. The highest BCUT2D eigenvalue weighted by molar-refractivity contribution is 5.76. The molecule has 0 saturated carbocycles. The van der Waals surface area contributed by atoms with Crippen LogP contribution >= 0.6 is 0 Å². The zero-order valence-electron chi connectivity index (χ0n) is 55.2. The minimum Gasteiger partial charge on any atom is -0.466 e. The van der Waals surface area contributed by atoms with E-state index in [4.69, 9.17) is 4.74 Å². The van der Waals surface area contributed by atoms with Gasteiger partial charge in [0, 0.05) is 12.8 Å². The number of aliphatic hydroxyl groups excluding tert-OH is 2.